The van der Waals surface area contributed by atoms with E-state index in [0.717, 1.165) is 22.3 Å². The second kappa shape index (κ2) is 23.2. The quantitative estimate of drug-likeness (QED) is 0.0591. The van der Waals surface area contributed by atoms with Crippen molar-refractivity contribution in [2.24, 2.45) is 11.8 Å². The second-order valence-corrected chi connectivity index (χ2v) is 15.9. The third-order valence-corrected chi connectivity index (χ3v) is 9.71. The van der Waals surface area contributed by atoms with Gasteiger partial charge in [0.15, 0.2) is 0 Å². The van der Waals surface area contributed by atoms with Gasteiger partial charge in [-0.25, -0.2) is 9.59 Å². The summed E-state index contributed by atoms with van der Waals surface area (Å²) in [6, 6.07) is 28.0. The Morgan fingerprint density at radius 2 is 0.783 bits per heavy atom. The number of carboxylic acid groups (broad SMARTS) is 1. The highest BCUT2D eigenvalue weighted by molar-refractivity contribution is 5.97. The van der Waals surface area contributed by atoms with E-state index >= 15 is 0 Å². The lowest BCUT2D eigenvalue weighted by Gasteiger charge is -2.28. The van der Waals surface area contributed by atoms with Gasteiger partial charge in [0, 0.05) is 24.9 Å². The van der Waals surface area contributed by atoms with Gasteiger partial charge in [-0.15, -0.1) is 0 Å². The minimum Gasteiger partial charge on any atom is -0.480 e. The highest BCUT2D eigenvalue weighted by atomic mass is 16.4. The number of aliphatic carboxylic acids is 1. The number of rotatable bonds is 21. The fourth-order valence-electron chi connectivity index (χ4n) is 6.63. The lowest BCUT2D eigenvalue weighted by atomic mass is 9.98. The molecule has 0 saturated carbocycles. The van der Waals surface area contributed by atoms with E-state index in [9.17, 15) is 33.9 Å². The van der Waals surface area contributed by atoms with Crippen LogP contribution in [0.1, 0.15) is 62.8 Å². The van der Waals surface area contributed by atoms with Crippen molar-refractivity contribution in [1.29, 1.82) is 0 Å². The van der Waals surface area contributed by atoms with Gasteiger partial charge < -0.3 is 37.0 Å². The molecule has 13 nitrogen and oxygen atoms in total. The molecule has 6 amide bonds. The number of carbonyl (C=O) groups excluding carboxylic acids is 5. The monoisotopic (exact) mass is 818 g/mol. The first-order chi connectivity index (χ1) is 28.7. The number of hydrogen-bond acceptors (Lipinski definition) is 6. The van der Waals surface area contributed by atoms with Gasteiger partial charge in [-0.2, -0.15) is 0 Å². The van der Waals surface area contributed by atoms with Crippen LogP contribution in [0.3, 0.4) is 0 Å². The van der Waals surface area contributed by atoms with Crippen molar-refractivity contribution < 1.29 is 33.9 Å². The zero-order valence-corrected chi connectivity index (χ0v) is 34.9. The van der Waals surface area contributed by atoms with Crippen molar-refractivity contribution in [1.82, 2.24) is 26.6 Å². The van der Waals surface area contributed by atoms with Gasteiger partial charge >= 0.3 is 12.0 Å². The Hall–Kier alpha value is -6.50. The molecule has 5 atom stereocenters. The van der Waals surface area contributed by atoms with E-state index in [-0.39, 0.29) is 43.9 Å². The predicted octanol–water partition coefficient (Wildman–Crippen LogP) is 5.33. The molecule has 0 heterocycles. The summed E-state index contributed by atoms with van der Waals surface area (Å²) in [6.45, 7) is 9.47. The van der Waals surface area contributed by atoms with Crippen molar-refractivity contribution in [3.05, 3.63) is 138 Å². The van der Waals surface area contributed by atoms with Gasteiger partial charge in [0.25, 0.3) is 0 Å². The number of carboxylic acids is 1. The Kier molecular flexibility index (Phi) is 17.8. The summed E-state index contributed by atoms with van der Waals surface area (Å²) in [5.41, 5.74) is 3.79. The average Bonchev–Trinajstić information content (AvgIpc) is 3.21. The second-order valence-electron chi connectivity index (χ2n) is 15.9. The van der Waals surface area contributed by atoms with Gasteiger partial charge in [-0.1, -0.05) is 136 Å². The number of benzene rings is 4. The fourth-order valence-corrected chi connectivity index (χ4v) is 6.63. The first kappa shape index (κ1) is 46.2. The molecule has 0 fully saturated rings. The number of nitrogens with one attached hydrogen (secondary N) is 6. The van der Waals surface area contributed by atoms with Crippen LogP contribution in [-0.4, -0.2) is 70.9 Å². The molecule has 4 rings (SSSR count). The molecule has 0 spiro atoms. The van der Waals surface area contributed by atoms with E-state index in [4.69, 9.17) is 0 Å². The summed E-state index contributed by atoms with van der Waals surface area (Å²) in [7, 11) is 0. The van der Waals surface area contributed by atoms with Crippen LogP contribution >= 0.6 is 0 Å². The molecule has 7 N–H and O–H groups in total. The molecule has 0 aliphatic rings. The third-order valence-electron chi connectivity index (χ3n) is 9.71. The summed E-state index contributed by atoms with van der Waals surface area (Å²) < 4.78 is 0. The van der Waals surface area contributed by atoms with E-state index in [2.05, 4.69) is 31.9 Å². The maximum absolute atomic E-state index is 14.2. The summed E-state index contributed by atoms with van der Waals surface area (Å²) in [6.07, 6.45) is 0.636. The lowest BCUT2D eigenvalue weighted by Crippen LogP contribution is -2.60. The number of anilines is 1. The zero-order chi connectivity index (χ0) is 43.6. The minimum absolute atomic E-state index is 0.0407. The Labute approximate surface area is 352 Å². The molecule has 0 aromatic heterocycles. The molecule has 0 aliphatic heterocycles. The number of hydrogen-bond donors (Lipinski definition) is 7. The van der Waals surface area contributed by atoms with Gasteiger partial charge in [0.2, 0.25) is 23.6 Å². The molecular formula is C47H58N6O7. The topological polar surface area (TPSA) is 195 Å². The third kappa shape index (κ3) is 15.7. The van der Waals surface area contributed by atoms with Crippen molar-refractivity contribution in [3.8, 4) is 0 Å². The van der Waals surface area contributed by atoms with Crippen molar-refractivity contribution in [2.75, 3.05) is 5.32 Å². The molecule has 13 heteroatoms. The SMILES string of the molecule is Cc1ccc(NC(=O)N[C@@H](Cc2ccccc2)C(=O)N[C@@H](CC(C)C)C(=O)N[C@@H](Cc2ccccc2)C(=O)N[C@@H](CC(C)C)C(=O)N[C@@H](Cc2ccccc2)C(=O)O)cc1. The number of aryl methyl sites for hydroxylation is 1. The van der Waals surface area contributed by atoms with Crippen LogP contribution in [0.15, 0.2) is 115 Å². The Morgan fingerprint density at radius 1 is 0.450 bits per heavy atom. The van der Waals surface area contributed by atoms with E-state index in [0.29, 0.717) is 5.69 Å². The smallest absolute Gasteiger partial charge is 0.326 e. The van der Waals surface area contributed by atoms with Crippen LogP contribution in [0, 0.1) is 18.8 Å². The molecular weight excluding hydrogens is 761 g/mol. The molecule has 0 saturated heterocycles. The molecule has 4 aromatic carbocycles. The zero-order valence-electron chi connectivity index (χ0n) is 34.9. The molecule has 318 valence electrons. The predicted molar refractivity (Wildman–Crippen MR) is 232 cm³/mol. The maximum atomic E-state index is 14.2. The van der Waals surface area contributed by atoms with Crippen LogP contribution in [0.25, 0.3) is 0 Å². The Morgan fingerprint density at radius 3 is 1.17 bits per heavy atom. The summed E-state index contributed by atoms with van der Waals surface area (Å²) >= 11 is 0. The molecule has 0 bridgehead atoms. The van der Waals surface area contributed by atoms with Crippen molar-refractivity contribution >= 4 is 41.3 Å². The Balaban J connectivity index is 1.55. The van der Waals surface area contributed by atoms with Gasteiger partial charge in [0.1, 0.15) is 30.2 Å². The van der Waals surface area contributed by atoms with Crippen molar-refractivity contribution in [3.63, 3.8) is 0 Å². The highest BCUT2D eigenvalue weighted by Crippen LogP contribution is 2.14. The molecule has 4 aromatic rings. The number of carbonyl (C=O) groups is 6. The molecule has 0 aliphatic carbocycles. The van der Waals surface area contributed by atoms with Crippen LogP contribution in [0.5, 0.6) is 0 Å². The summed E-state index contributed by atoms with van der Waals surface area (Å²) in [5.74, 6) is -3.91. The van der Waals surface area contributed by atoms with Crippen LogP contribution in [0.4, 0.5) is 10.5 Å². The van der Waals surface area contributed by atoms with Crippen LogP contribution in [0.2, 0.25) is 0 Å². The van der Waals surface area contributed by atoms with Crippen molar-refractivity contribution in [2.45, 2.75) is 96.9 Å². The summed E-state index contributed by atoms with van der Waals surface area (Å²) in [4.78, 5) is 81.6. The average molecular weight is 819 g/mol. The lowest BCUT2D eigenvalue weighted by molar-refractivity contribution is -0.142. The number of amides is 6. The molecule has 0 radical (unpaired) electrons. The normalized spacial score (nSPS) is 13.5. The standard InChI is InChI=1S/C47H58N6O7/c1-30(2)25-37(50-45(57)40(28-34-17-11-7-12-18-34)53-47(60)48-36-23-21-32(5)22-24-36)42(54)51-39(27-33-15-9-6-10-16-33)44(56)49-38(26-31(3)4)43(55)52-41(46(58)59)29-35-19-13-8-14-20-35/h6-24,30-31,37-41H,25-29H2,1-5H3,(H,49,56)(H,50,57)(H,51,54)(H,52,55)(H,58,59)(H2,48,53,60)/t37-,38-,39-,40-,41-/m0/s1. The van der Waals surface area contributed by atoms with E-state index in [1.165, 1.54) is 0 Å². The van der Waals surface area contributed by atoms with Gasteiger partial charge in [-0.05, 0) is 60.4 Å². The minimum atomic E-state index is -1.25. The van der Waals surface area contributed by atoms with Gasteiger partial charge in [-0.3, -0.25) is 19.2 Å². The first-order valence-corrected chi connectivity index (χ1v) is 20.4. The van der Waals surface area contributed by atoms with Crippen LogP contribution in [-0.2, 0) is 43.2 Å². The molecule has 60 heavy (non-hydrogen) atoms. The number of urea groups is 1. The Bertz CT molecular complexity index is 2010. The maximum Gasteiger partial charge on any atom is 0.326 e. The van der Waals surface area contributed by atoms with E-state index < -0.39 is 65.8 Å². The fraction of sp³-hybridized carbons (Fsp3) is 0.362. The van der Waals surface area contributed by atoms with Crippen LogP contribution < -0.4 is 31.9 Å². The van der Waals surface area contributed by atoms with E-state index in [1.54, 1.807) is 60.7 Å². The largest absolute Gasteiger partial charge is 0.480 e. The first-order valence-electron chi connectivity index (χ1n) is 20.4. The summed E-state index contributed by atoms with van der Waals surface area (Å²) in [5, 5.41) is 26.6. The molecule has 0 unspecified atom stereocenters. The van der Waals surface area contributed by atoms with Gasteiger partial charge in [0.05, 0.1) is 0 Å². The van der Waals surface area contributed by atoms with E-state index in [1.807, 2.05) is 89.2 Å². The highest BCUT2D eigenvalue weighted by Gasteiger charge is 2.33.